The minimum atomic E-state index is -0.162. The molecule has 2 amide bonds. The molecule has 1 aromatic rings. The van der Waals surface area contributed by atoms with Crippen molar-refractivity contribution in [2.45, 2.75) is 52.4 Å². The molecule has 142 valence electrons. The van der Waals surface area contributed by atoms with E-state index in [0.717, 1.165) is 29.9 Å². The van der Waals surface area contributed by atoms with E-state index in [4.69, 9.17) is 4.74 Å². The lowest BCUT2D eigenvalue weighted by Crippen LogP contribution is -2.32. The summed E-state index contributed by atoms with van der Waals surface area (Å²) in [5, 5.41) is 0. The molecule has 1 heterocycles. The van der Waals surface area contributed by atoms with Crippen LogP contribution < -0.4 is 4.74 Å². The number of rotatable bonds is 11. The van der Waals surface area contributed by atoms with E-state index in [0.29, 0.717) is 17.0 Å². The molecule has 0 unspecified atom stereocenters. The Morgan fingerprint density at radius 2 is 1.58 bits per heavy atom. The van der Waals surface area contributed by atoms with E-state index >= 15 is 0 Å². The summed E-state index contributed by atoms with van der Waals surface area (Å²) in [5.74, 6) is 1.20. The number of hydrogen-bond acceptors (Lipinski definition) is 4. The van der Waals surface area contributed by atoms with Crippen LogP contribution in [0.25, 0.3) is 5.57 Å². The molecule has 0 saturated carbocycles. The van der Waals surface area contributed by atoms with Crippen molar-refractivity contribution in [3.8, 4) is 5.75 Å². The van der Waals surface area contributed by atoms with Gasteiger partial charge in [-0.2, -0.15) is 0 Å². The molecule has 0 aliphatic carbocycles. The van der Waals surface area contributed by atoms with E-state index in [1.807, 2.05) is 31.2 Å². The molecule has 5 heteroatoms. The average molecular weight is 376 g/mol. The zero-order chi connectivity index (χ0) is 18.9. The highest BCUT2D eigenvalue weighted by Crippen LogP contribution is 2.36. The van der Waals surface area contributed by atoms with Crippen LogP contribution in [0.5, 0.6) is 5.75 Å². The van der Waals surface area contributed by atoms with Gasteiger partial charge in [0, 0.05) is 6.54 Å². The van der Waals surface area contributed by atoms with Crippen LogP contribution in [-0.2, 0) is 9.59 Å². The number of benzene rings is 1. The first-order valence-electron chi connectivity index (χ1n) is 9.51. The second-order valence-electron chi connectivity index (χ2n) is 6.40. The van der Waals surface area contributed by atoms with Crippen LogP contribution in [0.2, 0.25) is 0 Å². The number of methoxy groups -OCH3 is 1. The van der Waals surface area contributed by atoms with Gasteiger partial charge in [-0.1, -0.05) is 58.1 Å². The number of carbonyl (C=O) groups is 2. The minimum absolute atomic E-state index is 0.138. The predicted octanol–water partition coefficient (Wildman–Crippen LogP) is 4.89. The molecular weight excluding hydrogens is 346 g/mol. The topological polar surface area (TPSA) is 46.6 Å². The molecule has 26 heavy (non-hydrogen) atoms. The first kappa shape index (κ1) is 20.6. The highest BCUT2D eigenvalue weighted by Gasteiger charge is 2.38. The van der Waals surface area contributed by atoms with Gasteiger partial charge >= 0.3 is 0 Å². The fourth-order valence-corrected chi connectivity index (χ4v) is 3.97. The Balaban J connectivity index is 2.09. The first-order chi connectivity index (χ1) is 12.6. The number of carbonyl (C=O) groups excluding carboxylic acids is 2. The second kappa shape index (κ2) is 10.4. The zero-order valence-corrected chi connectivity index (χ0v) is 16.9. The Labute approximate surface area is 161 Å². The summed E-state index contributed by atoms with van der Waals surface area (Å²) in [6, 6.07) is 7.35. The maximum atomic E-state index is 12.9. The number of hydrogen-bond donors (Lipinski definition) is 0. The number of imide groups is 1. The van der Waals surface area contributed by atoms with Crippen LogP contribution in [0.3, 0.4) is 0 Å². The monoisotopic (exact) mass is 375 g/mol. The maximum absolute atomic E-state index is 12.9. The number of ether oxygens (including phenoxy) is 1. The Morgan fingerprint density at radius 1 is 0.923 bits per heavy atom. The lowest BCUT2D eigenvalue weighted by Gasteiger charge is -2.15. The van der Waals surface area contributed by atoms with Crippen LogP contribution in [-0.4, -0.2) is 36.1 Å². The molecule has 1 aliphatic rings. The molecule has 1 aliphatic heterocycles. The summed E-state index contributed by atoms with van der Waals surface area (Å²) in [7, 11) is 1.61. The van der Waals surface area contributed by atoms with Crippen molar-refractivity contribution < 1.29 is 14.3 Å². The third-order valence-electron chi connectivity index (χ3n) is 4.53. The molecule has 0 fully saturated rings. The van der Waals surface area contributed by atoms with Gasteiger partial charge in [0.05, 0.1) is 17.6 Å². The van der Waals surface area contributed by atoms with Crippen LogP contribution in [0.1, 0.15) is 57.9 Å². The van der Waals surface area contributed by atoms with Gasteiger partial charge in [-0.25, -0.2) is 0 Å². The summed E-state index contributed by atoms with van der Waals surface area (Å²) in [6.07, 6.45) is 6.80. The van der Waals surface area contributed by atoms with Crippen molar-refractivity contribution in [1.82, 2.24) is 4.90 Å². The predicted molar refractivity (Wildman–Crippen MR) is 108 cm³/mol. The summed E-state index contributed by atoms with van der Waals surface area (Å²) >= 11 is 1.45. The van der Waals surface area contributed by atoms with E-state index in [2.05, 4.69) is 6.92 Å². The van der Waals surface area contributed by atoms with Crippen molar-refractivity contribution in [3.05, 3.63) is 34.7 Å². The molecule has 0 N–H and O–H groups in total. The zero-order valence-electron chi connectivity index (χ0n) is 16.0. The number of amides is 2. The average Bonchev–Trinajstić information content (AvgIpc) is 2.89. The normalized spacial score (nSPS) is 14.5. The van der Waals surface area contributed by atoms with Gasteiger partial charge in [-0.15, -0.1) is 11.8 Å². The third-order valence-corrected chi connectivity index (χ3v) is 5.48. The van der Waals surface area contributed by atoms with Gasteiger partial charge in [0.1, 0.15) is 5.75 Å². The largest absolute Gasteiger partial charge is 0.497 e. The number of unbranched alkanes of at least 4 members (excludes halogenated alkanes) is 5. The van der Waals surface area contributed by atoms with Gasteiger partial charge in [0.15, 0.2) is 0 Å². The van der Waals surface area contributed by atoms with E-state index in [1.54, 1.807) is 7.11 Å². The van der Waals surface area contributed by atoms with Crippen LogP contribution >= 0.6 is 11.8 Å². The molecular formula is C21H29NO3S. The second-order valence-corrected chi connectivity index (χ2v) is 7.67. The van der Waals surface area contributed by atoms with Crippen molar-refractivity contribution in [2.75, 3.05) is 19.4 Å². The Bertz CT molecular complexity index is 652. The van der Waals surface area contributed by atoms with Crippen molar-refractivity contribution in [1.29, 1.82) is 0 Å². The molecule has 1 aromatic carbocycles. The third kappa shape index (κ3) is 4.91. The van der Waals surface area contributed by atoms with Crippen LogP contribution in [0, 0.1) is 0 Å². The molecule has 0 atom stereocenters. The lowest BCUT2D eigenvalue weighted by atomic mass is 10.1. The SMILES string of the molecule is CCCCCCCCN1C(=O)C(SCC)=C(c2ccc(OC)cc2)C1=O. The highest BCUT2D eigenvalue weighted by molar-refractivity contribution is 8.04. The summed E-state index contributed by atoms with van der Waals surface area (Å²) in [5.41, 5.74) is 1.32. The van der Waals surface area contributed by atoms with Gasteiger partial charge in [-0.3, -0.25) is 14.5 Å². The number of thioether (sulfide) groups is 1. The molecule has 0 spiro atoms. The van der Waals surface area contributed by atoms with Crippen molar-refractivity contribution in [2.24, 2.45) is 0 Å². The summed E-state index contributed by atoms with van der Waals surface area (Å²) in [6.45, 7) is 4.70. The van der Waals surface area contributed by atoms with Crippen LogP contribution in [0.4, 0.5) is 0 Å². The number of nitrogens with zero attached hydrogens (tertiary/aromatic N) is 1. The molecule has 2 rings (SSSR count). The van der Waals surface area contributed by atoms with E-state index in [9.17, 15) is 9.59 Å². The van der Waals surface area contributed by atoms with E-state index in [-0.39, 0.29) is 11.8 Å². The van der Waals surface area contributed by atoms with Crippen molar-refractivity contribution in [3.63, 3.8) is 0 Å². The fraction of sp³-hybridized carbons (Fsp3) is 0.524. The summed E-state index contributed by atoms with van der Waals surface area (Å²) < 4.78 is 5.19. The quantitative estimate of drug-likeness (QED) is 0.408. The Hall–Kier alpha value is -1.75. The smallest absolute Gasteiger partial charge is 0.267 e. The molecule has 4 nitrogen and oxygen atoms in total. The highest BCUT2D eigenvalue weighted by atomic mass is 32.2. The molecule has 0 radical (unpaired) electrons. The Morgan fingerprint density at radius 3 is 2.19 bits per heavy atom. The molecule has 0 saturated heterocycles. The van der Waals surface area contributed by atoms with Gasteiger partial charge in [-0.05, 0) is 29.9 Å². The van der Waals surface area contributed by atoms with E-state index in [1.165, 1.54) is 42.3 Å². The first-order valence-corrected chi connectivity index (χ1v) is 10.5. The van der Waals surface area contributed by atoms with Gasteiger partial charge in [0.2, 0.25) is 0 Å². The lowest BCUT2D eigenvalue weighted by molar-refractivity contribution is -0.136. The summed E-state index contributed by atoms with van der Waals surface area (Å²) in [4.78, 5) is 27.7. The fourth-order valence-electron chi connectivity index (χ4n) is 3.10. The standard InChI is InChI=1S/C21H29NO3S/c1-4-6-7-8-9-10-15-22-20(23)18(19(21(22)24)26-5-2)16-11-13-17(25-3)14-12-16/h11-14H,4-10,15H2,1-3H3. The van der Waals surface area contributed by atoms with Gasteiger partial charge in [0.25, 0.3) is 11.8 Å². The molecule has 0 bridgehead atoms. The van der Waals surface area contributed by atoms with Crippen molar-refractivity contribution >= 4 is 29.1 Å². The minimum Gasteiger partial charge on any atom is -0.497 e. The van der Waals surface area contributed by atoms with Crippen LogP contribution in [0.15, 0.2) is 29.2 Å². The molecule has 0 aromatic heterocycles. The Kier molecular flexibility index (Phi) is 8.23. The van der Waals surface area contributed by atoms with E-state index < -0.39 is 0 Å². The van der Waals surface area contributed by atoms with Gasteiger partial charge < -0.3 is 4.74 Å². The maximum Gasteiger partial charge on any atom is 0.267 e.